The van der Waals surface area contributed by atoms with Crippen molar-refractivity contribution >= 4 is 17.9 Å². The maximum Gasteiger partial charge on any atom is 0.539 e. The molecule has 0 aromatic carbocycles. The molecule has 1 heterocycles. The van der Waals surface area contributed by atoms with Gasteiger partial charge in [-0.1, -0.05) is 0 Å². The molecule has 22 heavy (non-hydrogen) atoms. The summed E-state index contributed by atoms with van der Waals surface area (Å²) in [5.41, 5.74) is -0.0342. The van der Waals surface area contributed by atoms with E-state index in [1.165, 1.54) is 18.7 Å². The van der Waals surface area contributed by atoms with E-state index in [-0.39, 0.29) is 0 Å². The van der Waals surface area contributed by atoms with Crippen LogP contribution >= 0.6 is 0 Å². The van der Waals surface area contributed by atoms with Crippen molar-refractivity contribution in [2.24, 2.45) is 0 Å². The van der Waals surface area contributed by atoms with E-state index in [9.17, 15) is 9.59 Å². The Bertz CT molecular complexity index is 520. The Morgan fingerprint density at radius 3 is 1.95 bits per heavy atom. The number of hydrogen-bond acceptors (Lipinski definition) is 6. The van der Waals surface area contributed by atoms with Crippen LogP contribution in [0.15, 0.2) is 18.7 Å². The molecule has 2 amide bonds. The molecule has 0 aliphatic rings. The molecule has 0 spiro atoms. The van der Waals surface area contributed by atoms with E-state index in [0.29, 0.717) is 5.69 Å². The number of nitrogens with two attached hydrogens (primary N) is 1. The predicted molar refractivity (Wildman–Crippen MR) is 78.9 cm³/mol. The predicted octanol–water partition coefficient (Wildman–Crippen LogP) is 1.63. The zero-order valence-electron chi connectivity index (χ0n) is 13.8. The number of carbonyl (C=O) groups is 2. The fourth-order valence-corrected chi connectivity index (χ4v) is 1.39. The highest BCUT2D eigenvalue weighted by Crippen LogP contribution is 2.13. The number of rotatable bonds is 1. The fourth-order valence-electron chi connectivity index (χ4n) is 1.39. The van der Waals surface area contributed by atoms with Crippen LogP contribution in [0.25, 0.3) is 0 Å². The van der Waals surface area contributed by atoms with Crippen LogP contribution in [0.5, 0.6) is 0 Å². The summed E-state index contributed by atoms with van der Waals surface area (Å²) in [6.45, 7) is 10.4. The van der Waals surface area contributed by atoms with E-state index < -0.39 is 23.4 Å². The first-order chi connectivity index (χ1) is 9.98. The summed E-state index contributed by atoms with van der Waals surface area (Å²) < 4.78 is 10.5. The Kier molecular flexibility index (Phi) is 5.43. The zero-order chi connectivity index (χ0) is 17.0. The van der Waals surface area contributed by atoms with Crippen molar-refractivity contribution in [1.82, 2.24) is 9.97 Å². The molecular formula is C14H23N4O4+. The maximum atomic E-state index is 12.3. The lowest BCUT2D eigenvalue weighted by Gasteiger charge is -2.25. The van der Waals surface area contributed by atoms with Gasteiger partial charge in [0.25, 0.3) is 0 Å². The fraction of sp³-hybridized carbons (Fsp3) is 0.571. The number of quaternary nitrogens is 1. The van der Waals surface area contributed by atoms with E-state index >= 15 is 0 Å². The maximum absolute atomic E-state index is 12.3. The summed E-state index contributed by atoms with van der Waals surface area (Å²) in [7, 11) is 0. The summed E-state index contributed by atoms with van der Waals surface area (Å²) >= 11 is 0. The van der Waals surface area contributed by atoms with Crippen molar-refractivity contribution in [3.05, 3.63) is 18.7 Å². The van der Waals surface area contributed by atoms with E-state index in [2.05, 4.69) is 9.97 Å². The normalized spacial score (nSPS) is 11.7. The van der Waals surface area contributed by atoms with Gasteiger partial charge in [-0.15, -0.1) is 10.4 Å². The molecular weight excluding hydrogens is 288 g/mol. The summed E-state index contributed by atoms with van der Waals surface area (Å²) in [4.78, 5) is 31.9. The molecule has 0 aliphatic carbocycles. The standard InChI is InChI=1S/C14H22N4O4/c1-13(2,3)21-11(19)17-18(10-7-15-9-16-8-10)12(20)22-14(4,5)6/h7-9H,1-6H3,(H,17,19)/p+1. The summed E-state index contributed by atoms with van der Waals surface area (Å²) in [5, 5.41) is 1.03. The number of ether oxygens (including phenoxy) is 2. The van der Waals surface area contributed by atoms with Crippen LogP contribution in [-0.2, 0) is 9.47 Å². The number of aromatic nitrogens is 2. The minimum atomic E-state index is -0.715. The molecule has 8 nitrogen and oxygen atoms in total. The average molecular weight is 311 g/mol. The molecule has 1 aromatic heterocycles. The molecule has 0 unspecified atom stereocenters. The lowest BCUT2D eigenvalue weighted by molar-refractivity contribution is -0.576. The van der Waals surface area contributed by atoms with Gasteiger partial charge >= 0.3 is 12.2 Å². The van der Waals surface area contributed by atoms with Gasteiger partial charge in [0, 0.05) is 0 Å². The van der Waals surface area contributed by atoms with Gasteiger partial charge < -0.3 is 9.47 Å². The van der Waals surface area contributed by atoms with Gasteiger partial charge in [-0.3, -0.25) is 0 Å². The van der Waals surface area contributed by atoms with Gasteiger partial charge in [0.15, 0.2) is 0 Å². The average Bonchev–Trinajstić information content (AvgIpc) is 2.32. The van der Waals surface area contributed by atoms with Crippen LogP contribution in [0.2, 0.25) is 0 Å². The van der Waals surface area contributed by atoms with Gasteiger partial charge in [0.1, 0.15) is 23.2 Å². The smallest absolute Gasteiger partial charge is 0.440 e. The van der Waals surface area contributed by atoms with Gasteiger partial charge in [0.2, 0.25) is 0 Å². The third-order valence-electron chi connectivity index (χ3n) is 2.06. The molecule has 122 valence electrons. The summed E-state index contributed by atoms with van der Waals surface area (Å²) in [6.07, 6.45) is 2.75. The lowest BCUT2D eigenvalue weighted by Crippen LogP contribution is -2.99. The van der Waals surface area contributed by atoms with Crippen molar-refractivity contribution in [3.8, 4) is 0 Å². The van der Waals surface area contributed by atoms with Crippen molar-refractivity contribution in [1.29, 1.82) is 0 Å². The van der Waals surface area contributed by atoms with Crippen LogP contribution < -0.4 is 10.4 Å². The van der Waals surface area contributed by atoms with Crippen molar-refractivity contribution < 1.29 is 24.5 Å². The Hall–Kier alpha value is -2.22. The molecule has 0 radical (unpaired) electrons. The molecule has 0 bridgehead atoms. The molecule has 0 atom stereocenters. The third-order valence-corrected chi connectivity index (χ3v) is 2.06. The number of nitrogens with zero attached hydrogens (tertiary/aromatic N) is 3. The molecule has 0 aliphatic heterocycles. The number of carbonyl (C=O) groups excluding carboxylic acids is 2. The highest BCUT2D eigenvalue weighted by molar-refractivity contribution is 5.85. The molecule has 1 aromatic rings. The second-order valence-electron chi connectivity index (χ2n) is 6.61. The van der Waals surface area contributed by atoms with E-state index in [1.54, 1.807) is 41.5 Å². The number of anilines is 1. The molecule has 0 saturated heterocycles. The number of hydrogen-bond donors (Lipinski definition) is 1. The lowest BCUT2D eigenvalue weighted by atomic mass is 10.2. The van der Waals surface area contributed by atoms with Gasteiger partial charge in [-0.2, -0.15) is 4.79 Å². The Morgan fingerprint density at radius 1 is 1.00 bits per heavy atom. The summed E-state index contributed by atoms with van der Waals surface area (Å²) in [6, 6.07) is 0. The van der Waals surface area contributed by atoms with Crippen molar-refractivity contribution in [2.75, 3.05) is 5.01 Å². The van der Waals surface area contributed by atoms with E-state index in [0.717, 1.165) is 10.4 Å². The first kappa shape index (κ1) is 17.8. The first-order valence-electron chi connectivity index (χ1n) is 6.83. The molecule has 0 fully saturated rings. The van der Waals surface area contributed by atoms with Crippen LogP contribution in [0.4, 0.5) is 15.3 Å². The SMILES string of the molecule is CC(C)(C)OC(=O)[NH2+]N(C(=O)OC(C)(C)C)c1cncnc1. The van der Waals surface area contributed by atoms with E-state index in [1.807, 2.05) is 0 Å². The van der Waals surface area contributed by atoms with Crippen LogP contribution in [0, 0.1) is 0 Å². The topological polar surface area (TPSA) is 98.2 Å². The highest BCUT2D eigenvalue weighted by atomic mass is 16.6. The Balaban J connectivity index is 2.93. The van der Waals surface area contributed by atoms with Gasteiger partial charge in [-0.05, 0) is 41.5 Å². The number of primary amides is 1. The second-order valence-corrected chi connectivity index (χ2v) is 6.61. The van der Waals surface area contributed by atoms with Crippen LogP contribution in [0.1, 0.15) is 41.5 Å². The van der Waals surface area contributed by atoms with Crippen molar-refractivity contribution in [3.63, 3.8) is 0 Å². The molecule has 2 N–H and O–H groups in total. The Labute approximate surface area is 129 Å². The Morgan fingerprint density at radius 2 is 1.50 bits per heavy atom. The monoisotopic (exact) mass is 311 g/mol. The number of amides is 2. The largest absolute Gasteiger partial charge is 0.539 e. The van der Waals surface area contributed by atoms with Crippen LogP contribution in [-0.4, -0.2) is 33.4 Å². The quantitative estimate of drug-likeness (QED) is 0.481. The van der Waals surface area contributed by atoms with Crippen LogP contribution in [0.3, 0.4) is 0 Å². The molecule has 1 rings (SSSR count). The second kappa shape index (κ2) is 6.69. The minimum absolute atomic E-state index is 0.308. The first-order valence-corrected chi connectivity index (χ1v) is 6.83. The molecule has 0 saturated carbocycles. The summed E-state index contributed by atoms with van der Waals surface area (Å²) in [5.74, 6) is 0. The van der Waals surface area contributed by atoms with Gasteiger partial charge in [0.05, 0.1) is 12.4 Å². The third kappa shape index (κ3) is 6.49. The van der Waals surface area contributed by atoms with Gasteiger partial charge in [-0.25, -0.2) is 14.8 Å². The zero-order valence-corrected chi connectivity index (χ0v) is 13.8. The molecule has 8 heteroatoms. The minimum Gasteiger partial charge on any atom is -0.440 e. The van der Waals surface area contributed by atoms with Crippen molar-refractivity contribution in [2.45, 2.75) is 52.7 Å². The highest BCUT2D eigenvalue weighted by Gasteiger charge is 2.31. The van der Waals surface area contributed by atoms with E-state index in [4.69, 9.17) is 9.47 Å².